The van der Waals surface area contributed by atoms with Crippen LogP contribution in [-0.4, -0.2) is 26.4 Å². The number of aromatic amines is 1. The van der Waals surface area contributed by atoms with Crippen molar-refractivity contribution >= 4 is 5.65 Å². The highest BCUT2D eigenvalue weighted by Crippen LogP contribution is 2.28. The van der Waals surface area contributed by atoms with Crippen LogP contribution < -0.4 is 4.74 Å². The molecule has 1 aromatic carbocycles. The molecule has 0 radical (unpaired) electrons. The maximum Gasteiger partial charge on any atom is 0.177 e. The van der Waals surface area contributed by atoms with Gasteiger partial charge in [-0.1, -0.05) is 32.9 Å². The van der Waals surface area contributed by atoms with E-state index in [4.69, 9.17) is 4.74 Å². The van der Waals surface area contributed by atoms with Gasteiger partial charge in [0.1, 0.15) is 5.75 Å². The van der Waals surface area contributed by atoms with Crippen LogP contribution in [-0.2, 0) is 11.8 Å². The van der Waals surface area contributed by atoms with E-state index in [2.05, 4.69) is 48.2 Å². The maximum atomic E-state index is 5.84. The predicted octanol–water partition coefficient (Wildman–Crippen LogP) is 3.67. The van der Waals surface area contributed by atoms with E-state index in [0.29, 0.717) is 13.0 Å². The third-order valence-electron chi connectivity index (χ3n) is 4.50. The summed E-state index contributed by atoms with van der Waals surface area (Å²) in [5.74, 6) is 1.78. The van der Waals surface area contributed by atoms with E-state index in [-0.39, 0.29) is 5.41 Å². The average molecular weight is 312 g/mol. The Labute approximate surface area is 136 Å². The number of fused-ring (bicyclic) bond motifs is 1. The summed E-state index contributed by atoms with van der Waals surface area (Å²) in [5.41, 5.74) is 3.47. The molecule has 0 aliphatic heterocycles. The lowest BCUT2D eigenvalue weighted by Gasteiger charge is -2.23. The van der Waals surface area contributed by atoms with Crippen LogP contribution in [0.25, 0.3) is 5.65 Å². The number of H-pyrrole nitrogens is 1. The Balaban J connectivity index is 1.60. The molecule has 2 heterocycles. The van der Waals surface area contributed by atoms with E-state index in [1.165, 1.54) is 5.56 Å². The van der Waals surface area contributed by atoms with Crippen molar-refractivity contribution in [3.05, 3.63) is 47.4 Å². The summed E-state index contributed by atoms with van der Waals surface area (Å²) in [6.07, 6.45) is 1.83. The number of ether oxygens (including phenoxy) is 1. The summed E-state index contributed by atoms with van der Waals surface area (Å²) in [6.45, 7) is 9.32. The fourth-order valence-corrected chi connectivity index (χ4v) is 2.58. The highest BCUT2D eigenvalue weighted by atomic mass is 16.5. The zero-order valence-electron chi connectivity index (χ0n) is 14.3. The zero-order valence-corrected chi connectivity index (χ0v) is 14.3. The van der Waals surface area contributed by atoms with Crippen molar-refractivity contribution in [2.45, 2.75) is 46.0 Å². The Morgan fingerprint density at radius 2 is 1.91 bits per heavy atom. The number of hydrogen-bond donors (Lipinski definition) is 1. The Morgan fingerprint density at radius 1 is 1.17 bits per heavy atom. The lowest BCUT2D eigenvalue weighted by Crippen LogP contribution is -2.15. The van der Waals surface area contributed by atoms with Gasteiger partial charge in [-0.3, -0.25) is 5.10 Å². The molecule has 3 aromatic rings. The highest BCUT2D eigenvalue weighted by molar-refractivity contribution is 5.38. The summed E-state index contributed by atoms with van der Waals surface area (Å²) in [5, 5.41) is 11.5. The fourth-order valence-electron chi connectivity index (χ4n) is 2.58. The molecule has 0 spiro atoms. The van der Waals surface area contributed by atoms with Gasteiger partial charge < -0.3 is 4.74 Å². The van der Waals surface area contributed by atoms with Crippen molar-refractivity contribution in [3.8, 4) is 5.75 Å². The summed E-state index contributed by atoms with van der Waals surface area (Å²) < 4.78 is 7.75. The lowest BCUT2D eigenvalue weighted by atomic mass is 9.82. The van der Waals surface area contributed by atoms with E-state index >= 15 is 0 Å². The number of aryl methyl sites for hydroxylation is 1. The van der Waals surface area contributed by atoms with Crippen LogP contribution in [0.2, 0.25) is 0 Å². The minimum atomic E-state index is 0.205. The number of hydrogen-bond acceptors (Lipinski definition) is 3. The highest BCUT2D eigenvalue weighted by Gasteiger charge is 2.17. The zero-order chi connectivity index (χ0) is 16.4. The van der Waals surface area contributed by atoms with Crippen LogP contribution in [0.1, 0.15) is 44.3 Å². The van der Waals surface area contributed by atoms with Gasteiger partial charge in [0.05, 0.1) is 6.61 Å². The Bertz CT molecular complexity index is 783. The Hall–Kier alpha value is -2.30. The van der Waals surface area contributed by atoms with Gasteiger partial charge in [-0.25, -0.2) is 4.52 Å². The van der Waals surface area contributed by atoms with Crippen molar-refractivity contribution < 1.29 is 4.74 Å². The summed E-state index contributed by atoms with van der Waals surface area (Å²) in [4.78, 5) is 0. The number of nitrogens with zero attached hydrogens (tertiary/aromatic N) is 3. The van der Waals surface area contributed by atoms with Gasteiger partial charge >= 0.3 is 0 Å². The van der Waals surface area contributed by atoms with Crippen LogP contribution >= 0.6 is 0 Å². The van der Waals surface area contributed by atoms with Crippen LogP contribution in [0.4, 0.5) is 0 Å². The van der Waals surface area contributed by atoms with Crippen molar-refractivity contribution in [2.24, 2.45) is 0 Å². The van der Waals surface area contributed by atoms with Crippen LogP contribution in [0.5, 0.6) is 5.75 Å². The van der Waals surface area contributed by atoms with Crippen LogP contribution in [0, 0.1) is 6.92 Å². The van der Waals surface area contributed by atoms with E-state index in [1.807, 2.05) is 29.6 Å². The molecule has 122 valence electrons. The molecule has 0 aliphatic carbocycles. The first-order chi connectivity index (χ1) is 11.0. The fraction of sp³-hybridized carbons (Fsp3) is 0.444. The Morgan fingerprint density at radius 3 is 2.61 bits per heavy atom. The molecule has 0 atom stereocenters. The molecular weight excluding hydrogens is 288 g/mol. The first-order valence-electron chi connectivity index (χ1n) is 8.12. The molecule has 0 bridgehead atoms. The maximum absolute atomic E-state index is 5.84. The molecule has 23 heavy (non-hydrogen) atoms. The van der Waals surface area contributed by atoms with Gasteiger partial charge in [-0.05, 0) is 36.5 Å². The largest absolute Gasteiger partial charge is 0.493 e. The second-order valence-corrected chi connectivity index (χ2v) is 6.61. The van der Waals surface area contributed by atoms with Crippen molar-refractivity contribution in [3.63, 3.8) is 0 Å². The van der Waals surface area contributed by atoms with Crippen molar-refractivity contribution in [2.75, 3.05) is 6.61 Å². The molecule has 5 heteroatoms. The molecule has 2 aromatic heterocycles. The molecule has 0 saturated heterocycles. The third kappa shape index (κ3) is 3.23. The van der Waals surface area contributed by atoms with Crippen LogP contribution in [0.3, 0.4) is 0 Å². The standard InChI is InChI=1S/C18H24N4O/c1-5-18(3,4)14-6-8-15(9-7-14)23-11-10-16-19-20-17-12-13(2)21-22(16)17/h6-9,12,21H,5,10-11H2,1-4H3. The third-order valence-corrected chi connectivity index (χ3v) is 4.50. The first-order valence-corrected chi connectivity index (χ1v) is 8.12. The lowest BCUT2D eigenvalue weighted by molar-refractivity contribution is 0.317. The van der Waals surface area contributed by atoms with Gasteiger partial charge in [0, 0.05) is 18.2 Å². The van der Waals surface area contributed by atoms with Gasteiger partial charge in [-0.15, -0.1) is 10.2 Å². The van der Waals surface area contributed by atoms with Gasteiger partial charge in [-0.2, -0.15) is 0 Å². The summed E-state index contributed by atoms with van der Waals surface area (Å²) in [6, 6.07) is 10.4. The Kier molecular flexibility index (Phi) is 4.11. The van der Waals surface area contributed by atoms with Crippen molar-refractivity contribution in [1.82, 2.24) is 19.8 Å². The van der Waals surface area contributed by atoms with Gasteiger partial charge in [0.2, 0.25) is 0 Å². The molecule has 0 unspecified atom stereocenters. The molecular formula is C18H24N4O. The summed E-state index contributed by atoms with van der Waals surface area (Å²) >= 11 is 0. The van der Waals surface area contributed by atoms with Crippen molar-refractivity contribution in [1.29, 1.82) is 0 Å². The minimum Gasteiger partial charge on any atom is -0.493 e. The normalized spacial score (nSPS) is 12.0. The topological polar surface area (TPSA) is 55.2 Å². The second-order valence-electron chi connectivity index (χ2n) is 6.61. The number of rotatable bonds is 6. The quantitative estimate of drug-likeness (QED) is 0.755. The SMILES string of the molecule is CCC(C)(C)c1ccc(OCCc2nnc3cc(C)[nH]n23)cc1. The molecule has 0 amide bonds. The number of benzene rings is 1. The van der Waals surface area contributed by atoms with E-state index in [1.54, 1.807) is 0 Å². The molecule has 0 saturated carbocycles. The number of aromatic nitrogens is 4. The molecule has 0 fully saturated rings. The van der Waals surface area contributed by atoms with E-state index in [0.717, 1.165) is 29.3 Å². The average Bonchev–Trinajstić information content (AvgIpc) is 3.08. The predicted molar refractivity (Wildman–Crippen MR) is 91.0 cm³/mol. The summed E-state index contributed by atoms with van der Waals surface area (Å²) in [7, 11) is 0. The number of nitrogens with one attached hydrogen (secondary N) is 1. The van der Waals surface area contributed by atoms with E-state index < -0.39 is 0 Å². The minimum absolute atomic E-state index is 0.205. The molecule has 1 N–H and O–H groups in total. The molecule has 5 nitrogen and oxygen atoms in total. The molecule has 0 aliphatic rings. The van der Waals surface area contributed by atoms with Gasteiger partial charge in [0.15, 0.2) is 11.5 Å². The van der Waals surface area contributed by atoms with Gasteiger partial charge in [0.25, 0.3) is 0 Å². The van der Waals surface area contributed by atoms with Crippen LogP contribution in [0.15, 0.2) is 30.3 Å². The first kappa shape index (κ1) is 15.6. The second kappa shape index (κ2) is 6.07. The monoisotopic (exact) mass is 312 g/mol. The molecule has 3 rings (SSSR count). The van der Waals surface area contributed by atoms with E-state index in [9.17, 15) is 0 Å². The smallest absolute Gasteiger partial charge is 0.177 e.